The van der Waals surface area contributed by atoms with Crippen LogP contribution in [0.25, 0.3) is 0 Å². The Hall–Kier alpha value is 0.110. The predicted molar refractivity (Wildman–Crippen MR) is 65.3 cm³/mol. The second-order valence-electron chi connectivity index (χ2n) is 4.23. The molecular weight excluding hydrogens is 258 g/mol. The SMILES string of the molecule is Cc1nc(CC2CCC(Br)C2)sc1C. The monoisotopic (exact) mass is 273 g/mol. The van der Waals surface area contributed by atoms with Crippen molar-refractivity contribution in [1.82, 2.24) is 4.98 Å². The quantitative estimate of drug-likeness (QED) is 0.746. The van der Waals surface area contributed by atoms with E-state index in [4.69, 9.17) is 0 Å². The molecule has 0 N–H and O–H groups in total. The van der Waals surface area contributed by atoms with Gasteiger partial charge in [-0.25, -0.2) is 4.98 Å². The Labute approximate surface area is 98.1 Å². The molecule has 1 aromatic heterocycles. The molecule has 0 amide bonds. The van der Waals surface area contributed by atoms with Crippen molar-refractivity contribution < 1.29 is 0 Å². The number of hydrogen-bond donors (Lipinski definition) is 0. The molecule has 14 heavy (non-hydrogen) atoms. The van der Waals surface area contributed by atoms with Gasteiger partial charge in [0.15, 0.2) is 0 Å². The molecule has 0 saturated heterocycles. The molecule has 1 nitrogen and oxygen atoms in total. The number of hydrogen-bond acceptors (Lipinski definition) is 2. The molecule has 2 unspecified atom stereocenters. The van der Waals surface area contributed by atoms with Gasteiger partial charge in [0.25, 0.3) is 0 Å². The number of nitrogens with zero attached hydrogens (tertiary/aromatic N) is 1. The lowest BCUT2D eigenvalue weighted by Gasteiger charge is -2.05. The minimum absolute atomic E-state index is 0.759. The summed E-state index contributed by atoms with van der Waals surface area (Å²) in [6, 6.07) is 0. The van der Waals surface area contributed by atoms with Crippen LogP contribution >= 0.6 is 27.3 Å². The number of halogens is 1. The highest BCUT2D eigenvalue weighted by Gasteiger charge is 2.23. The highest BCUT2D eigenvalue weighted by atomic mass is 79.9. The average molecular weight is 274 g/mol. The number of thiazole rings is 1. The van der Waals surface area contributed by atoms with Gasteiger partial charge in [-0.05, 0) is 39.0 Å². The van der Waals surface area contributed by atoms with Crippen molar-refractivity contribution in [2.45, 2.75) is 44.4 Å². The molecule has 2 rings (SSSR count). The van der Waals surface area contributed by atoms with E-state index < -0.39 is 0 Å². The molecule has 0 bridgehead atoms. The summed E-state index contributed by atoms with van der Waals surface area (Å²) >= 11 is 5.57. The van der Waals surface area contributed by atoms with Gasteiger partial charge in [0.05, 0.1) is 10.7 Å². The Morgan fingerprint density at radius 3 is 2.71 bits per heavy atom. The Morgan fingerprint density at radius 1 is 1.43 bits per heavy atom. The topological polar surface area (TPSA) is 12.9 Å². The predicted octanol–water partition coefficient (Wildman–Crippen LogP) is 3.87. The van der Waals surface area contributed by atoms with Crippen LogP contribution in [0.15, 0.2) is 0 Å². The number of aromatic nitrogens is 1. The normalized spacial score (nSPS) is 27.1. The molecule has 78 valence electrons. The van der Waals surface area contributed by atoms with Crippen molar-refractivity contribution in [2.24, 2.45) is 5.92 Å². The van der Waals surface area contributed by atoms with Crippen LogP contribution in [0.1, 0.15) is 34.8 Å². The first-order chi connectivity index (χ1) is 6.65. The molecule has 1 saturated carbocycles. The third kappa shape index (κ3) is 2.37. The van der Waals surface area contributed by atoms with Crippen molar-refractivity contribution in [2.75, 3.05) is 0 Å². The van der Waals surface area contributed by atoms with E-state index in [1.54, 1.807) is 0 Å². The molecule has 1 aliphatic carbocycles. The molecule has 0 spiro atoms. The maximum atomic E-state index is 4.60. The third-order valence-corrected chi connectivity index (χ3v) is 4.94. The molecule has 3 heteroatoms. The molecule has 1 aromatic rings. The summed E-state index contributed by atoms with van der Waals surface area (Å²) < 4.78 is 0. The molecule has 0 aliphatic heterocycles. The second kappa shape index (κ2) is 4.31. The van der Waals surface area contributed by atoms with Gasteiger partial charge < -0.3 is 0 Å². The van der Waals surface area contributed by atoms with Crippen molar-refractivity contribution in [1.29, 1.82) is 0 Å². The maximum Gasteiger partial charge on any atom is 0.0933 e. The van der Waals surface area contributed by atoms with Crippen LogP contribution in [0.3, 0.4) is 0 Å². The lowest BCUT2D eigenvalue weighted by molar-refractivity contribution is 0.546. The molecule has 1 aliphatic rings. The first-order valence-electron chi connectivity index (χ1n) is 5.22. The molecular formula is C11H16BrNS. The average Bonchev–Trinajstić information content (AvgIpc) is 2.62. The molecule has 2 atom stereocenters. The van der Waals surface area contributed by atoms with E-state index in [1.165, 1.54) is 41.3 Å². The van der Waals surface area contributed by atoms with E-state index in [1.807, 2.05) is 11.3 Å². The van der Waals surface area contributed by atoms with Crippen molar-refractivity contribution in [3.8, 4) is 0 Å². The van der Waals surface area contributed by atoms with Crippen molar-refractivity contribution in [3.05, 3.63) is 15.6 Å². The summed E-state index contributed by atoms with van der Waals surface area (Å²) in [4.78, 5) is 6.74. The van der Waals surface area contributed by atoms with E-state index in [2.05, 4.69) is 34.8 Å². The van der Waals surface area contributed by atoms with Gasteiger partial charge in [-0.15, -0.1) is 11.3 Å². The summed E-state index contributed by atoms with van der Waals surface area (Å²) in [7, 11) is 0. The zero-order valence-corrected chi connectivity index (χ0v) is 11.1. The zero-order valence-electron chi connectivity index (χ0n) is 8.72. The van der Waals surface area contributed by atoms with Crippen LogP contribution in [0.4, 0.5) is 0 Å². The highest BCUT2D eigenvalue weighted by Crippen LogP contribution is 2.33. The summed E-state index contributed by atoms with van der Waals surface area (Å²) in [5.41, 5.74) is 1.22. The lowest BCUT2D eigenvalue weighted by Crippen LogP contribution is -1.99. The van der Waals surface area contributed by atoms with Gasteiger partial charge >= 0.3 is 0 Å². The second-order valence-corrected chi connectivity index (χ2v) is 6.81. The molecule has 0 radical (unpaired) electrons. The van der Waals surface area contributed by atoms with Crippen molar-refractivity contribution >= 4 is 27.3 Å². The standard InChI is InChI=1S/C11H16BrNS/c1-7-8(2)14-11(13-7)6-9-3-4-10(12)5-9/h9-10H,3-6H2,1-2H3. The fourth-order valence-corrected chi connectivity index (χ4v) is 3.91. The maximum absolute atomic E-state index is 4.60. The van der Waals surface area contributed by atoms with Crippen LogP contribution in [-0.4, -0.2) is 9.81 Å². The fourth-order valence-electron chi connectivity index (χ4n) is 2.07. The van der Waals surface area contributed by atoms with E-state index in [0.29, 0.717) is 0 Å². The van der Waals surface area contributed by atoms with Gasteiger partial charge in [0.1, 0.15) is 0 Å². The highest BCUT2D eigenvalue weighted by molar-refractivity contribution is 9.09. The number of alkyl halides is 1. The van der Waals surface area contributed by atoms with Gasteiger partial charge in [-0.3, -0.25) is 0 Å². The van der Waals surface area contributed by atoms with Gasteiger partial charge in [-0.1, -0.05) is 15.9 Å². The summed E-state index contributed by atoms with van der Waals surface area (Å²) in [5.74, 6) is 0.865. The minimum Gasteiger partial charge on any atom is -0.246 e. The van der Waals surface area contributed by atoms with E-state index in [9.17, 15) is 0 Å². The summed E-state index contributed by atoms with van der Waals surface area (Å²) in [5, 5.41) is 1.34. The molecule has 1 heterocycles. The Kier molecular flexibility index (Phi) is 3.27. The zero-order chi connectivity index (χ0) is 10.1. The summed E-state index contributed by atoms with van der Waals surface area (Å²) in [6.45, 7) is 4.27. The van der Waals surface area contributed by atoms with Crippen LogP contribution in [0.2, 0.25) is 0 Å². The first kappa shape index (κ1) is 10.6. The van der Waals surface area contributed by atoms with E-state index in [0.717, 1.165) is 10.7 Å². The Bertz CT molecular complexity index is 302. The lowest BCUT2D eigenvalue weighted by atomic mass is 10.1. The molecule has 0 aromatic carbocycles. The Morgan fingerprint density at radius 2 is 2.21 bits per heavy atom. The van der Waals surface area contributed by atoms with Gasteiger partial charge in [0.2, 0.25) is 0 Å². The van der Waals surface area contributed by atoms with Crippen molar-refractivity contribution in [3.63, 3.8) is 0 Å². The first-order valence-corrected chi connectivity index (χ1v) is 6.95. The number of rotatable bonds is 2. The number of aryl methyl sites for hydroxylation is 2. The van der Waals surface area contributed by atoms with Gasteiger partial charge in [-0.2, -0.15) is 0 Å². The molecule has 1 fully saturated rings. The van der Waals surface area contributed by atoms with E-state index in [-0.39, 0.29) is 0 Å². The van der Waals surface area contributed by atoms with E-state index >= 15 is 0 Å². The van der Waals surface area contributed by atoms with Crippen LogP contribution in [0.5, 0.6) is 0 Å². The Balaban J connectivity index is 1.97. The largest absolute Gasteiger partial charge is 0.246 e. The van der Waals surface area contributed by atoms with Gasteiger partial charge in [0, 0.05) is 16.1 Å². The summed E-state index contributed by atoms with van der Waals surface area (Å²) in [6.07, 6.45) is 5.24. The fraction of sp³-hybridized carbons (Fsp3) is 0.727. The smallest absolute Gasteiger partial charge is 0.0933 e. The third-order valence-electron chi connectivity index (χ3n) is 3.01. The van der Waals surface area contributed by atoms with Crippen LogP contribution < -0.4 is 0 Å². The van der Waals surface area contributed by atoms with Crippen LogP contribution in [0, 0.1) is 19.8 Å². The van der Waals surface area contributed by atoms with Crippen LogP contribution in [-0.2, 0) is 6.42 Å². The minimum atomic E-state index is 0.759.